The van der Waals surface area contributed by atoms with E-state index in [0.29, 0.717) is 5.56 Å². The second-order valence-electron chi connectivity index (χ2n) is 7.60. The third kappa shape index (κ3) is 5.99. The predicted molar refractivity (Wildman–Crippen MR) is 113 cm³/mol. The molecule has 3 rings (SSSR count). The van der Waals surface area contributed by atoms with Gasteiger partial charge in [-0.2, -0.15) is 13.2 Å². The summed E-state index contributed by atoms with van der Waals surface area (Å²) in [5, 5.41) is 2.45. The van der Waals surface area contributed by atoms with E-state index in [1.54, 1.807) is 12.1 Å². The zero-order chi connectivity index (χ0) is 22.8. The van der Waals surface area contributed by atoms with Crippen LogP contribution in [-0.4, -0.2) is 31.7 Å². The van der Waals surface area contributed by atoms with Crippen LogP contribution >= 0.6 is 11.6 Å². The van der Waals surface area contributed by atoms with Gasteiger partial charge in [-0.1, -0.05) is 41.4 Å². The molecule has 0 radical (unpaired) electrons. The van der Waals surface area contributed by atoms with Crippen LogP contribution in [-0.2, 0) is 26.7 Å². The van der Waals surface area contributed by atoms with Gasteiger partial charge in [0.2, 0.25) is 15.9 Å². The summed E-state index contributed by atoms with van der Waals surface area (Å²) >= 11 is 5.93. The van der Waals surface area contributed by atoms with Gasteiger partial charge in [-0.3, -0.25) is 4.79 Å². The van der Waals surface area contributed by atoms with Crippen LogP contribution in [0.3, 0.4) is 0 Å². The molecule has 5 nitrogen and oxygen atoms in total. The van der Waals surface area contributed by atoms with E-state index in [4.69, 9.17) is 11.6 Å². The second kappa shape index (κ2) is 9.18. The number of rotatable bonds is 5. The molecule has 10 heteroatoms. The predicted octanol–water partition coefficient (Wildman–Crippen LogP) is 4.85. The van der Waals surface area contributed by atoms with Crippen LogP contribution in [0, 0.1) is 12.8 Å². The summed E-state index contributed by atoms with van der Waals surface area (Å²) in [6.45, 7) is 2.22. The SMILES string of the molecule is Cc1cccc(CS(=O)(=O)N2CCC(C(=O)Nc3cc(C(F)(F)F)ccc3Cl)CC2)c1. The normalized spacial score (nSPS) is 16.3. The number of halogens is 4. The van der Waals surface area contributed by atoms with Crippen LogP contribution in [0.4, 0.5) is 18.9 Å². The minimum absolute atomic E-state index is 0.000446. The van der Waals surface area contributed by atoms with Crippen LogP contribution in [0.5, 0.6) is 0 Å². The van der Waals surface area contributed by atoms with E-state index in [1.165, 1.54) is 4.31 Å². The van der Waals surface area contributed by atoms with Crippen LogP contribution in [0.25, 0.3) is 0 Å². The van der Waals surface area contributed by atoms with Crippen molar-refractivity contribution >= 4 is 33.2 Å². The molecular formula is C21H22ClF3N2O3S. The summed E-state index contributed by atoms with van der Waals surface area (Å²) in [5.74, 6) is -1.11. The largest absolute Gasteiger partial charge is 0.416 e. The molecule has 1 aliphatic rings. The van der Waals surface area contributed by atoms with E-state index in [2.05, 4.69) is 5.32 Å². The first-order valence-corrected chi connectivity index (χ1v) is 11.7. The molecule has 1 heterocycles. The van der Waals surface area contributed by atoms with Gasteiger partial charge in [0.25, 0.3) is 0 Å². The number of alkyl halides is 3. The summed E-state index contributed by atoms with van der Waals surface area (Å²) < 4.78 is 65.5. The van der Waals surface area contributed by atoms with E-state index in [-0.39, 0.29) is 42.4 Å². The van der Waals surface area contributed by atoms with E-state index >= 15 is 0 Å². The van der Waals surface area contributed by atoms with Gasteiger partial charge < -0.3 is 5.32 Å². The summed E-state index contributed by atoms with van der Waals surface area (Å²) in [5.41, 5.74) is 0.635. The third-order valence-electron chi connectivity index (χ3n) is 5.20. The number of carbonyl (C=O) groups excluding carboxylic acids is 1. The summed E-state index contributed by atoms with van der Waals surface area (Å²) in [6, 6.07) is 9.98. The molecule has 0 saturated carbocycles. The van der Waals surface area contributed by atoms with E-state index in [0.717, 1.165) is 23.8 Å². The Morgan fingerprint density at radius 2 is 1.84 bits per heavy atom. The molecule has 0 aliphatic carbocycles. The molecule has 1 N–H and O–H groups in total. The van der Waals surface area contributed by atoms with Gasteiger partial charge in [-0.15, -0.1) is 0 Å². The maximum atomic E-state index is 12.9. The van der Waals surface area contributed by atoms with Gasteiger partial charge in [0.05, 0.1) is 22.0 Å². The van der Waals surface area contributed by atoms with Gasteiger partial charge in [-0.05, 0) is 43.5 Å². The van der Waals surface area contributed by atoms with Crippen LogP contribution < -0.4 is 5.32 Å². The molecular weight excluding hydrogens is 453 g/mol. The van der Waals surface area contributed by atoms with Gasteiger partial charge in [0.1, 0.15) is 0 Å². The highest BCUT2D eigenvalue weighted by molar-refractivity contribution is 7.88. The molecule has 0 aromatic heterocycles. The molecule has 0 atom stereocenters. The van der Waals surface area contributed by atoms with Crippen molar-refractivity contribution in [2.45, 2.75) is 31.7 Å². The molecule has 31 heavy (non-hydrogen) atoms. The highest BCUT2D eigenvalue weighted by Gasteiger charge is 2.33. The number of benzene rings is 2. The summed E-state index contributed by atoms with van der Waals surface area (Å²) in [4.78, 5) is 12.5. The van der Waals surface area contributed by atoms with Crippen LogP contribution in [0.1, 0.15) is 29.5 Å². The van der Waals surface area contributed by atoms with Gasteiger partial charge in [0.15, 0.2) is 0 Å². The lowest BCUT2D eigenvalue weighted by atomic mass is 9.97. The van der Waals surface area contributed by atoms with E-state index in [1.807, 2.05) is 19.1 Å². The molecule has 1 saturated heterocycles. The molecule has 168 valence electrons. The number of nitrogens with zero attached hydrogens (tertiary/aromatic N) is 1. The smallest absolute Gasteiger partial charge is 0.325 e. The zero-order valence-electron chi connectivity index (χ0n) is 16.7. The first-order valence-electron chi connectivity index (χ1n) is 9.67. The molecule has 1 amide bonds. The fourth-order valence-corrected chi connectivity index (χ4v) is 5.25. The molecule has 0 unspecified atom stereocenters. The van der Waals surface area contributed by atoms with Crippen molar-refractivity contribution < 1.29 is 26.4 Å². The minimum atomic E-state index is -4.55. The Kier molecular flexibility index (Phi) is 6.98. The minimum Gasteiger partial charge on any atom is -0.325 e. The van der Waals surface area contributed by atoms with Gasteiger partial charge >= 0.3 is 6.18 Å². The van der Waals surface area contributed by atoms with Crippen molar-refractivity contribution in [3.63, 3.8) is 0 Å². The number of carbonyl (C=O) groups is 1. The Hall–Kier alpha value is -2.10. The van der Waals surface area contributed by atoms with Crippen LogP contribution in [0.2, 0.25) is 5.02 Å². The average molecular weight is 475 g/mol. The lowest BCUT2D eigenvalue weighted by molar-refractivity contribution is -0.137. The van der Waals surface area contributed by atoms with Crippen molar-refractivity contribution in [2.75, 3.05) is 18.4 Å². The first kappa shape index (κ1) is 23.6. The van der Waals surface area contributed by atoms with Crippen molar-refractivity contribution in [1.29, 1.82) is 0 Å². The molecule has 1 aliphatic heterocycles. The fourth-order valence-electron chi connectivity index (χ4n) is 3.53. The molecule has 2 aromatic carbocycles. The number of hydrogen-bond donors (Lipinski definition) is 1. The molecule has 0 bridgehead atoms. The Balaban J connectivity index is 1.61. The number of amides is 1. The Bertz CT molecular complexity index is 1070. The van der Waals surface area contributed by atoms with E-state index < -0.39 is 33.6 Å². The zero-order valence-corrected chi connectivity index (χ0v) is 18.3. The fraction of sp³-hybridized carbons (Fsp3) is 0.381. The topological polar surface area (TPSA) is 66.5 Å². The number of piperidine rings is 1. The highest BCUT2D eigenvalue weighted by atomic mass is 35.5. The molecule has 1 fully saturated rings. The maximum Gasteiger partial charge on any atom is 0.416 e. The maximum absolute atomic E-state index is 12.9. The lowest BCUT2D eigenvalue weighted by Crippen LogP contribution is -2.41. The summed E-state index contributed by atoms with van der Waals surface area (Å²) in [7, 11) is -3.53. The number of aryl methyl sites for hydroxylation is 1. The van der Waals surface area contributed by atoms with Gasteiger partial charge in [-0.25, -0.2) is 12.7 Å². The third-order valence-corrected chi connectivity index (χ3v) is 7.38. The van der Waals surface area contributed by atoms with Crippen LogP contribution in [0.15, 0.2) is 42.5 Å². The molecule has 0 spiro atoms. The number of hydrogen-bond acceptors (Lipinski definition) is 3. The van der Waals surface area contributed by atoms with Crippen molar-refractivity contribution in [2.24, 2.45) is 5.92 Å². The van der Waals surface area contributed by atoms with Gasteiger partial charge in [0, 0.05) is 19.0 Å². The number of sulfonamides is 1. The monoisotopic (exact) mass is 474 g/mol. The first-order chi connectivity index (χ1) is 14.5. The Morgan fingerprint density at radius 1 is 1.16 bits per heavy atom. The average Bonchev–Trinajstić information content (AvgIpc) is 2.68. The lowest BCUT2D eigenvalue weighted by Gasteiger charge is -2.30. The Morgan fingerprint density at radius 3 is 2.45 bits per heavy atom. The Labute approximate surface area is 184 Å². The number of anilines is 1. The molecule has 2 aromatic rings. The van der Waals surface area contributed by atoms with E-state index in [9.17, 15) is 26.4 Å². The quantitative estimate of drug-likeness (QED) is 0.673. The second-order valence-corrected chi connectivity index (χ2v) is 9.98. The number of nitrogens with one attached hydrogen (secondary N) is 1. The summed E-state index contributed by atoms with van der Waals surface area (Å²) in [6.07, 6.45) is -4.01. The highest BCUT2D eigenvalue weighted by Crippen LogP contribution is 2.34. The van der Waals surface area contributed by atoms with Crippen molar-refractivity contribution in [1.82, 2.24) is 4.31 Å². The van der Waals surface area contributed by atoms with Crippen molar-refractivity contribution in [3.8, 4) is 0 Å². The van der Waals surface area contributed by atoms with Crippen molar-refractivity contribution in [3.05, 3.63) is 64.2 Å². The standard InChI is InChI=1S/C21H22ClF3N2O3S/c1-14-3-2-4-15(11-14)13-31(29,30)27-9-7-16(8-10-27)20(28)26-19-12-17(21(23,24)25)5-6-18(19)22/h2-6,11-12,16H,7-10,13H2,1H3,(H,26,28).